The zero-order valence-corrected chi connectivity index (χ0v) is 18.6. The number of amides is 2. The molecule has 2 N–H and O–H groups in total. The van der Waals surface area contributed by atoms with E-state index in [0.29, 0.717) is 18.8 Å². The summed E-state index contributed by atoms with van der Waals surface area (Å²) in [6, 6.07) is 13.6. The van der Waals surface area contributed by atoms with Crippen molar-refractivity contribution < 1.29 is 19.1 Å². The van der Waals surface area contributed by atoms with Crippen molar-refractivity contribution in [1.82, 2.24) is 20.4 Å². The zero-order valence-electron chi connectivity index (χ0n) is 18.6. The Morgan fingerprint density at radius 3 is 2.38 bits per heavy atom. The Labute approximate surface area is 188 Å². The van der Waals surface area contributed by atoms with Gasteiger partial charge in [-0.25, -0.2) is 0 Å². The maximum absolute atomic E-state index is 12.5. The third-order valence-electron chi connectivity index (χ3n) is 6.00. The lowest BCUT2D eigenvalue weighted by molar-refractivity contribution is -0.139. The van der Waals surface area contributed by atoms with Gasteiger partial charge in [-0.05, 0) is 37.2 Å². The van der Waals surface area contributed by atoms with Crippen LogP contribution in [0.25, 0.3) is 0 Å². The van der Waals surface area contributed by atoms with Gasteiger partial charge in [-0.1, -0.05) is 35.9 Å². The summed E-state index contributed by atoms with van der Waals surface area (Å²) in [4.78, 5) is 29.4. The molecule has 0 radical (unpaired) electrons. The van der Waals surface area contributed by atoms with E-state index in [2.05, 4.69) is 27.5 Å². The maximum Gasteiger partial charge on any atom is 0.309 e. The van der Waals surface area contributed by atoms with Crippen LogP contribution < -0.4 is 20.1 Å². The van der Waals surface area contributed by atoms with E-state index in [0.717, 1.165) is 48.6 Å². The number of carbonyl (C=O) groups excluding carboxylic acids is 2. The van der Waals surface area contributed by atoms with E-state index < -0.39 is 11.8 Å². The molecule has 1 fully saturated rings. The van der Waals surface area contributed by atoms with Gasteiger partial charge in [0.05, 0.1) is 6.04 Å². The van der Waals surface area contributed by atoms with Crippen molar-refractivity contribution in [3.63, 3.8) is 0 Å². The van der Waals surface area contributed by atoms with E-state index >= 15 is 0 Å². The van der Waals surface area contributed by atoms with Gasteiger partial charge in [-0.3, -0.25) is 14.5 Å². The summed E-state index contributed by atoms with van der Waals surface area (Å²) >= 11 is 0. The third kappa shape index (κ3) is 5.38. The first-order valence-corrected chi connectivity index (χ1v) is 10.9. The number of hydrogen-bond acceptors (Lipinski definition) is 6. The molecule has 1 saturated heterocycles. The van der Waals surface area contributed by atoms with E-state index in [1.165, 1.54) is 0 Å². The minimum Gasteiger partial charge on any atom is -0.454 e. The van der Waals surface area contributed by atoms with Crippen LogP contribution in [0.5, 0.6) is 11.5 Å². The zero-order chi connectivity index (χ0) is 22.5. The Bertz CT molecular complexity index is 955. The largest absolute Gasteiger partial charge is 0.454 e. The summed E-state index contributed by atoms with van der Waals surface area (Å²) in [6.45, 7) is 6.54. The summed E-state index contributed by atoms with van der Waals surface area (Å²) in [5, 5.41) is 5.52. The Morgan fingerprint density at radius 1 is 0.938 bits per heavy atom. The molecule has 0 aromatic heterocycles. The summed E-state index contributed by atoms with van der Waals surface area (Å²) in [7, 11) is 2.10. The number of ether oxygens (including phenoxy) is 2. The van der Waals surface area contributed by atoms with Gasteiger partial charge in [0.15, 0.2) is 11.5 Å². The van der Waals surface area contributed by atoms with Gasteiger partial charge in [0, 0.05) is 39.3 Å². The Kier molecular flexibility index (Phi) is 6.92. The van der Waals surface area contributed by atoms with Crippen molar-refractivity contribution in [2.45, 2.75) is 19.5 Å². The van der Waals surface area contributed by atoms with Gasteiger partial charge in [-0.15, -0.1) is 0 Å². The number of benzene rings is 2. The van der Waals surface area contributed by atoms with Crippen molar-refractivity contribution >= 4 is 11.8 Å². The molecule has 0 saturated carbocycles. The van der Waals surface area contributed by atoms with E-state index in [1.807, 2.05) is 49.4 Å². The van der Waals surface area contributed by atoms with Gasteiger partial charge in [0.2, 0.25) is 6.79 Å². The molecule has 1 unspecified atom stereocenters. The highest BCUT2D eigenvalue weighted by molar-refractivity contribution is 6.35. The van der Waals surface area contributed by atoms with Crippen LogP contribution in [0.15, 0.2) is 42.5 Å². The molecule has 2 aromatic rings. The first-order valence-electron chi connectivity index (χ1n) is 10.9. The quantitative estimate of drug-likeness (QED) is 0.665. The second-order valence-corrected chi connectivity index (χ2v) is 8.35. The lowest BCUT2D eigenvalue weighted by atomic mass is 10.0. The molecule has 8 heteroatoms. The molecule has 32 heavy (non-hydrogen) atoms. The van der Waals surface area contributed by atoms with Crippen molar-refractivity contribution in [2.75, 3.05) is 46.6 Å². The molecule has 2 heterocycles. The van der Waals surface area contributed by atoms with Gasteiger partial charge in [0.25, 0.3) is 0 Å². The topological polar surface area (TPSA) is 83.1 Å². The van der Waals surface area contributed by atoms with E-state index in [4.69, 9.17) is 9.47 Å². The van der Waals surface area contributed by atoms with Crippen molar-refractivity contribution in [2.24, 2.45) is 0 Å². The van der Waals surface area contributed by atoms with Crippen LogP contribution in [-0.2, 0) is 16.1 Å². The first kappa shape index (κ1) is 22.1. The number of hydrogen-bond donors (Lipinski definition) is 2. The standard InChI is InChI=1S/C24H30N4O4/c1-17-3-5-18(6-4-17)14-25-23(29)24(30)26-15-20(28-11-9-27(2)10-12-28)19-7-8-21-22(13-19)32-16-31-21/h3-8,13,20H,9-12,14-16H2,1-2H3,(H,25,29)(H,26,30). The summed E-state index contributed by atoms with van der Waals surface area (Å²) < 4.78 is 11.0. The summed E-state index contributed by atoms with van der Waals surface area (Å²) in [5.41, 5.74) is 3.13. The molecule has 2 aliphatic heterocycles. The van der Waals surface area contributed by atoms with Crippen molar-refractivity contribution in [3.8, 4) is 11.5 Å². The van der Waals surface area contributed by atoms with Crippen LogP contribution >= 0.6 is 0 Å². The summed E-state index contributed by atoms with van der Waals surface area (Å²) in [6.07, 6.45) is 0. The molecule has 2 aromatic carbocycles. The molecule has 1 atom stereocenters. The average molecular weight is 439 g/mol. The van der Waals surface area contributed by atoms with Gasteiger partial charge in [0.1, 0.15) is 0 Å². The number of nitrogens with one attached hydrogen (secondary N) is 2. The second kappa shape index (κ2) is 10.0. The molecule has 4 rings (SSSR count). The smallest absolute Gasteiger partial charge is 0.309 e. The lowest BCUT2D eigenvalue weighted by Gasteiger charge is -2.38. The molecule has 2 aliphatic rings. The highest BCUT2D eigenvalue weighted by atomic mass is 16.7. The number of rotatable bonds is 6. The Balaban J connectivity index is 1.38. The van der Waals surface area contributed by atoms with Crippen LogP contribution in [0.2, 0.25) is 0 Å². The second-order valence-electron chi connectivity index (χ2n) is 8.35. The fourth-order valence-corrected chi connectivity index (χ4v) is 3.95. The van der Waals surface area contributed by atoms with Gasteiger partial charge in [-0.2, -0.15) is 0 Å². The summed E-state index contributed by atoms with van der Waals surface area (Å²) in [5.74, 6) is 0.180. The SMILES string of the molecule is Cc1ccc(CNC(=O)C(=O)NCC(c2ccc3c(c2)OCO3)N2CCN(C)CC2)cc1. The molecule has 8 nitrogen and oxygen atoms in total. The Hall–Kier alpha value is -3.10. The lowest BCUT2D eigenvalue weighted by Crippen LogP contribution is -2.49. The van der Waals surface area contributed by atoms with Crippen LogP contribution in [0.1, 0.15) is 22.7 Å². The monoisotopic (exact) mass is 438 g/mol. The van der Waals surface area contributed by atoms with Crippen molar-refractivity contribution in [1.29, 1.82) is 0 Å². The number of aryl methyl sites for hydroxylation is 1. The predicted molar refractivity (Wildman–Crippen MR) is 120 cm³/mol. The average Bonchev–Trinajstić information content (AvgIpc) is 3.27. The van der Waals surface area contributed by atoms with Gasteiger partial charge < -0.3 is 25.0 Å². The highest BCUT2D eigenvalue weighted by Gasteiger charge is 2.27. The number of carbonyl (C=O) groups is 2. The molecule has 170 valence electrons. The number of piperazine rings is 1. The molecule has 0 aliphatic carbocycles. The maximum atomic E-state index is 12.5. The van der Waals surface area contributed by atoms with Crippen molar-refractivity contribution in [3.05, 3.63) is 59.2 Å². The van der Waals surface area contributed by atoms with E-state index in [9.17, 15) is 9.59 Å². The van der Waals surface area contributed by atoms with Crippen LogP contribution in [0.3, 0.4) is 0 Å². The minimum absolute atomic E-state index is 0.0629. The highest BCUT2D eigenvalue weighted by Crippen LogP contribution is 2.35. The number of nitrogens with zero attached hydrogens (tertiary/aromatic N) is 2. The fraction of sp³-hybridized carbons (Fsp3) is 0.417. The van der Waals surface area contributed by atoms with Crippen LogP contribution in [-0.4, -0.2) is 68.2 Å². The van der Waals surface area contributed by atoms with Gasteiger partial charge >= 0.3 is 11.8 Å². The Morgan fingerprint density at radius 2 is 1.62 bits per heavy atom. The number of fused-ring (bicyclic) bond motifs is 1. The molecule has 0 spiro atoms. The molecular formula is C24H30N4O4. The van der Waals surface area contributed by atoms with Crippen LogP contribution in [0, 0.1) is 6.92 Å². The molecule has 2 amide bonds. The predicted octanol–water partition coefficient (Wildman–Crippen LogP) is 1.44. The third-order valence-corrected chi connectivity index (χ3v) is 6.00. The normalized spacial score (nSPS) is 17.1. The molecule has 0 bridgehead atoms. The van der Waals surface area contributed by atoms with Crippen LogP contribution in [0.4, 0.5) is 0 Å². The molecular weight excluding hydrogens is 408 g/mol. The van der Waals surface area contributed by atoms with E-state index in [-0.39, 0.29) is 12.8 Å². The van der Waals surface area contributed by atoms with E-state index in [1.54, 1.807) is 0 Å². The first-order chi connectivity index (χ1) is 15.5. The number of likely N-dealkylation sites (N-methyl/N-ethyl adjacent to an activating group) is 1. The fourth-order valence-electron chi connectivity index (χ4n) is 3.95. The minimum atomic E-state index is -0.631.